The van der Waals surface area contributed by atoms with Crippen LogP contribution in [0, 0.1) is 5.82 Å². The summed E-state index contributed by atoms with van der Waals surface area (Å²) in [6.07, 6.45) is 5.14. The van der Waals surface area contributed by atoms with Gasteiger partial charge in [0.2, 0.25) is 17.5 Å². The van der Waals surface area contributed by atoms with E-state index in [2.05, 4.69) is 64.1 Å². The molecule has 6 heteroatoms. The van der Waals surface area contributed by atoms with Gasteiger partial charge in [0.1, 0.15) is 23.2 Å². The number of carbonyl (C=O) groups is 1. The van der Waals surface area contributed by atoms with Crippen molar-refractivity contribution in [2.24, 2.45) is 0 Å². The van der Waals surface area contributed by atoms with Crippen LogP contribution in [-0.2, 0) is 20.5 Å². The molecule has 0 saturated carbocycles. The van der Waals surface area contributed by atoms with Gasteiger partial charge in [-0.1, -0.05) is 69.2 Å². The molecule has 0 bridgehead atoms. The standard InChI is InChI=1S/C29H39FN3O2.2C2H6/c1-8-28(7)21-15-19(30)12-13-20(21)25-24(18(5)6)31-22(17(3)4)16-33(25)29(28,9-2)27-32-14-10-11-23(32)26(34)35-27;2*1-2/h12-13,15-18,23,27H,8-11,14H2,1-7H3;2*1-2H3/q+1;;/t23?,27?,28?,29-;;/m0../s1. The Morgan fingerprint density at radius 2 is 1.77 bits per heavy atom. The normalized spacial score (nSPS) is 27.2. The third-order valence-corrected chi connectivity index (χ3v) is 9.10. The minimum absolute atomic E-state index is 0.117. The SMILES string of the molecule is CC.CC.CCC1(C)c2cc(F)ccc2-c2c(C(C)C)nc(C(C)C)c[n+]2[C@@]1(CC)C1OC(=O)C2CCCN21. The smallest absolute Gasteiger partial charge is 0.325 e. The van der Waals surface area contributed by atoms with Crippen LogP contribution in [0.5, 0.6) is 0 Å². The van der Waals surface area contributed by atoms with Gasteiger partial charge in [0.25, 0.3) is 0 Å². The van der Waals surface area contributed by atoms with Crippen molar-refractivity contribution in [3.8, 4) is 11.3 Å². The predicted octanol–water partition coefficient (Wildman–Crippen LogP) is 7.61. The number of ether oxygens (including phenoxy) is 1. The lowest BCUT2D eigenvalue weighted by Gasteiger charge is -2.51. The van der Waals surface area contributed by atoms with Crippen molar-refractivity contribution in [2.75, 3.05) is 6.54 Å². The van der Waals surface area contributed by atoms with Crippen molar-refractivity contribution >= 4 is 5.97 Å². The zero-order valence-corrected chi connectivity index (χ0v) is 26.2. The summed E-state index contributed by atoms with van der Waals surface area (Å²) < 4.78 is 23.6. The maximum Gasteiger partial charge on any atom is 0.325 e. The Hall–Kier alpha value is -2.34. The Morgan fingerprint density at radius 3 is 2.33 bits per heavy atom. The molecular weight excluding hydrogens is 489 g/mol. The van der Waals surface area contributed by atoms with Crippen molar-refractivity contribution in [1.29, 1.82) is 0 Å². The van der Waals surface area contributed by atoms with E-state index in [9.17, 15) is 9.18 Å². The topological polar surface area (TPSA) is 46.3 Å². The van der Waals surface area contributed by atoms with Crippen LogP contribution >= 0.6 is 0 Å². The lowest BCUT2D eigenvalue weighted by Crippen LogP contribution is -2.76. The van der Waals surface area contributed by atoms with E-state index in [4.69, 9.17) is 9.72 Å². The Morgan fingerprint density at radius 1 is 1.10 bits per heavy atom. The van der Waals surface area contributed by atoms with Gasteiger partial charge in [0.05, 0.1) is 11.0 Å². The van der Waals surface area contributed by atoms with E-state index in [1.807, 2.05) is 33.8 Å². The molecule has 0 N–H and O–H groups in total. The third kappa shape index (κ3) is 4.61. The molecule has 39 heavy (non-hydrogen) atoms. The van der Waals surface area contributed by atoms with Gasteiger partial charge < -0.3 is 4.74 Å². The average Bonchev–Trinajstić information content (AvgIpc) is 3.55. The zero-order valence-electron chi connectivity index (χ0n) is 26.2. The summed E-state index contributed by atoms with van der Waals surface area (Å²) in [7, 11) is 0. The fourth-order valence-electron chi connectivity index (χ4n) is 7.06. The van der Waals surface area contributed by atoms with Crippen LogP contribution < -0.4 is 4.57 Å². The minimum atomic E-state index is -0.608. The fourth-order valence-corrected chi connectivity index (χ4v) is 7.06. The monoisotopic (exact) mass is 540 g/mol. The van der Waals surface area contributed by atoms with Gasteiger partial charge in [-0.3, -0.25) is 4.79 Å². The second kappa shape index (κ2) is 12.0. The quantitative estimate of drug-likeness (QED) is 0.289. The van der Waals surface area contributed by atoms with Gasteiger partial charge in [-0.2, -0.15) is 4.57 Å². The molecule has 3 aliphatic heterocycles. The molecule has 1 aromatic carbocycles. The number of esters is 1. The molecule has 2 saturated heterocycles. The summed E-state index contributed by atoms with van der Waals surface area (Å²) >= 11 is 0. The van der Waals surface area contributed by atoms with Crippen molar-refractivity contribution < 1.29 is 18.5 Å². The van der Waals surface area contributed by atoms with Crippen LogP contribution in [0.15, 0.2) is 24.4 Å². The Balaban J connectivity index is 0.00000100. The lowest BCUT2D eigenvalue weighted by atomic mass is 9.58. The molecule has 216 valence electrons. The molecule has 4 heterocycles. The Bertz CT molecular complexity index is 1180. The fraction of sp³-hybridized carbons (Fsp3) is 0.667. The third-order valence-electron chi connectivity index (χ3n) is 9.10. The van der Waals surface area contributed by atoms with Crippen LogP contribution in [0.25, 0.3) is 11.3 Å². The largest absolute Gasteiger partial charge is 0.437 e. The molecule has 5 nitrogen and oxygen atoms in total. The maximum atomic E-state index is 14.9. The van der Waals surface area contributed by atoms with E-state index in [1.165, 1.54) is 0 Å². The van der Waals surface area contributed by atoms with Gasteiger partial charge >= 0.3 is 5.97 Å². The molecule has 0 amide bonds. The summed E-state index contributed by atoms with van der Waals surface area (Å²) in [5, 5.41) is 0. The van der Waals surface area contributed by atoms with E-state index in [0.717, 1.165) is 60.4 Å². The summed E-state index contributed by atoms with van der Waals surface area (Å²) in [5.41, 5.74) is 4.02. The van der Waals surface area contributed by atoms with E-state index >= 15 is 0 Å². The number of benzene rings is 1. The number of fused-ring (bicyclic) bond motifs is 4. The second-order valence-electron chi connectivity index (χ2n) is 11.4. The van der Waals surface area contributed by atoms with E-state index in [0.29, 0.717) is 0 Å². The van der Waals surface area contributed by atoms with Gasteiger partial charge in [-0.05, 0) is 49.9 Å². The first-order valence-electron chi connectivity index (χ1n) is 15.3. The highest BCUT2D eigenvalue weighted by Gasteiger charge is 2.70. The minimum Gasteiger partial charge on any atom is -0.437 e. The van der Waals surface area contributed by atoms with E-state index < -0.39 is 17.2 Å². The number of rotatable bonds is 5. The number of carbonyl (C=O) groups excluding carboxylic acids is 1. The van der Waals surface area contributed by atoms with E-state index in [1.54, 1.807) is 12.1 Å². The van der Waals surface area contributed by atoms with Gasteiger partial charge in [0.15, 0.2) is 6.20 Å². The first-order chi connectivity index (χ1) is 18.6. The van der Waals surface area contributed by atoms with Crippen LogP contribution in [0.3, 0.4) is 0 Å². The number of hydrogen-bond donors (Lipinski definition) is 0. The van der Waals surface area contributed by atoms with Crippen LogP contribution in [-0.4, -0.2) is 34.7 Å². The maximum absolute atomic E-state index is 14.9. The number of nitrogens with zero attached hydrogens (tertiary/aromatic N) is 3. The van der Waals surface area contributed by atoms with Crippen molar-refractivity contribution in [3.63, 3.8) is 0 Å². The van der Waals surface area contributed by atoms with Crippen molar-refractivity contribution in [3.05, 3.63) is 47.2 Å². The van der Waals surface area contributed by atoms with Crippen molar-refractivity contribution in [1.82, 2.24) is 9.88 Å². The molecule has 5 rings (SSSR count). The van der Waals surface area contributed by atoms with Crippen LogP contribution in [0.4, 0.5) is 4.39 Å². The van der Waals surface area contributed by atoms with Gasteiger partial charge in [0, 0.05) is 24.8 Å². The second-order valence-corrected chi connectivity index (χ2v) is 11.4. The highest BCUT2D eigenvalue weighted by Crippen LogP contribution is 2.55. The van der Waals surface area contributed by atoms with Crippen LogP contribution in [0.1, 0.15) is 131 Å². The average molecular weight is 541 g/mol. The lowest BCUT2D eigenvalue weighted by molar-refractivity contribution is -0.781. The Labute approximate surface area is 236 Å². The summed E-state index contributed by atoms with van der Waals surface area (Å²) in [6.45, 7) is 24.1. The van der Waals surface area contributed by atoms with Gasteiger partial charge in [-0.15, -0.1) is 0 Å². The van der Waals surface area contributed by atoms with Crippen molar-refractivity contribution in [2.45, 2.75) is 137 Å². The molecule has 4 atom stereocenters. The Kier molecular flexibility index (Phi) is 9.63. The number of halogens is 1. The number of cyclic esters (lactones) is 1. The highest BCUT2D eigenvalue weighted by molar-refractivity contribution is 5.78. The van der Waals surface area contributed by atoms with Gasteiger partial charge in [-0.25, -0.2) is 14.3 Å². The van der Waals surface area contributed by atoms with Crippen LogP contribution in [0.2, 0.25) is 0 Å². The van der Waals surface area contributed by atoms with E-state index in [-0.39, 0.29) is 29.7 Å². The number of aromatic nitrogens is 2. The molecule has 3 aliphatic rings. The molecule has 1 aromatic heterocycles. The number of hydrogen-bond acceptors (Lipinski definition) is 4. The molecule has 2 fully saturated rings. The first-order valence-corrected chi connectivity index (χ1v) is 15.3. The predicted molar refractivity (Wildman–Crippen MR) is 156 cm³/mol. The molecule has 0 spiro atoms. The molecular formula is C33H51FN3O2+. The summed E-state index contributed by atoms with van der Waals surface area (Å²) in [5.74, 6) is 0.0717. The summed E-state index contributed by atoms with van der Waals surface area (Å²) in [4.78, 5) is 20.5. The highest BCUT2D eigenvalue weighted by atomic mass is 19.1. The first kappa shape index (κ1) is 31.2. The molecule has 3 unspecified atom stereocenters. The molecule has 0 radical (unpaired) electrons. The zero-order chi connectivity index (χ0) is 29.3. The molecule has 0 aliphatic carbocycles. The summed E-state index contributed by atoms with van der Waals surface area (Å²) in [6, 6.07) is 5.01. The molecule has 2 aromatic rings.